The molecule has 0 aliphatic rings. The maximum atomic E-state index is 12.1. The van der Waals surface area contributed by atoms with E-state index in [9.17, 15) is 4.79 Å². The van der Waals surface area contributed by atoms with Gasteiger partial charge >= 0.3 is 0 Å². The van der Waals surface area contributed by atoms with Crippen LogP contribution in [0.2, 0.25) is 10.0 Å². The first-order valence-corrected chi connectivity index (χ1v) is 7.26. The minimum absolute atomic E-state index is 0.245. The highest BCUT2D eigenvalue weighted by Gasteiger charge is 2.09. The number of hydrogen-bond donors (Lipinski definition) is 2. The summed E-state index contributed by atoms with van der Waals surface area (Å²) in [6.07, 6.45) is 0. The molecule has 110 valence electrons. The van der Waals surface area contributed by atoms with Gasteiger partial charge in [0.25, 0.3) is 5.91 Å². The monoisotopic (exact) mass is 331 g/mol. The number of amides is 1. The number of hydrogen-bond acceptors (Lipinski definition) is 2. The molecule has 0 spiro atoms. The summed E-state index contributed by atoms with van der Waals surface area (Å²) in [5.74, 6) is 0.204. The quantitative estimate of drug-likeness (QED) is 0.734. The molecular formula is C16H11Cl2N3O. The van der Waals surface area contributed by atoms with E-state index in [1.165, 1.54) is 0 Å². The maximum Gasteiger partial charge on any atom is 0.256 e. The van der Waals surface area contributed by atoms with Gasteiger partial charge in [-0.3, -0.25) is 9.89 Å². The first kappa shape index (κ1) is 14.6. The Labute approximate surface area is 137 Å². The third-order valence-electron chi connectivity index (χ3n) is 3.08. The Bertz CT molecular complexity index is 795. The molecule has 3 rings (SSSR count). The first-order chi connectivity index (χ1) is 10.6. The van der Waals surface area contributed by atoms with Gasteiger partial charge in [-0.25, -0.2) is 0 Å². The maximum absolute atomic E-state index is 12.1. The summed E-state index contributed by atoms with van der Waals surface area (Å²) in [6.45, 7) is 0. The molecule has 0 radical (unpaired) electrons. The zero-order valence-electron chi connectivity index (χ0n) is 11.3. The zero-order chi connectivity index (χ0) is 15.5. The Morgan fingerprint density at radius 2 is 1.55 bits per heavy atom. The highest BCUT2D eigenvalue weighted by Crippen LogP contribution is 2.22. The van der Waals surface area contributed by atoms with E-state index in [2.05, 4.69) is 15.5 Å². The van der Waals surface area contributed by atoms with Crippen LogP contribution in [-0.4, -0.2) is 16.1 Å². The van der Waals surface area contributed by atoms with E-state index in [1.54, 1.807) is 42.5 Å². The summed E-state index contributed by atoms with van der Waals surface area (Å²) < 4.78 is 0. The van der Waals surface area contributed by atoms with Crippen LogP contribution >= 0.6 is 23.2 Å². The molecule has 0 aliphatic heterocycles. The summed E-state index contributed by atoms with van der Waals surface area (Å²) in [5.41, 5.74) is 2.24. The van der Waals surface area contributed by atoms with Crippen LogP contribution in [0, 0.1) is 0 Å². The molecule has 6 heteroatoms. The van der Waals surface area contributed by atoms with Crippen molar-refractivity contribution in [3.63, 3.8) is 0 Å². The van der Waals surface area contributed by atoms with Crippen molar-refractivity contribution in [2.75, 3.05) is 5.32 Å². The number of nitrogens with one attached hydrogen (secondary N) is 2. The number of rotatable bonds is 3. The smallest absolute Gasteiger partial charge is 0.256 e. The van der Waals surface area contributed by atoms with Crippen LogP contribution in [0.3, 0.4) is 0 Å². The van der Waals surface area contributed by atoms with Gasteiger partial charge in [-0.1, -0.05) is 35.3 Å². The Morgan fingerprint density at radius 3 is 2.18 bits per heavy atom. The molecule has 0 bridgehead atoms. The topological polar surface area (TPSA) is 57.8 Å². The fourth-order valence-corrected chi connectivity index (χ4v) is 2.20. The van der Waals surface area contributed by atoms with Gasteiger partial charge in [0.05, 0.1) is 5.69 Å². The van der Waals surface area contributed by atoms with Gasteiger partial charge in [0.2, 0.25) is 0 Å². The number of H-pyrrole nitrogens is 1. The van der Waals surface area contributed by atoms with E-state index in [1.807, 2.05) is 12.1 Å². The number of benzene rings is 2. The van der Waals surface area contributed by atoms with Crippen molar-refractivity contribution in [3.05, 3.63) is 70.2 Å². The SMILES string of the molecule is O=C(Nc1cc(-c2ccc(Cl)cc2)[nH]n1)c1ccc(Cl)cc1. The Kier molecular flexibility index (Phi) is 4.13. The molecule has 1 amide bonds. The summed E-state index contributed by atoms with van der Waals surface area (Å²) in [4.78, 5) is 12.1. The number of aromatic amines is 1. The molecule has 22 heavy (non-hydrogen) atoms. The number of nitrogens with zero attached hydrogens (tertiary/aromatic N) is 1. The molecule has 0 atom stereocenters. The summed E-state index contributed by atoms with van der Waals surface area (Å²) in [6, 6.07) is 15.8. The molecule has 0 aliphatic carbocycles. The van der Waals surface area contributed by atoms with Gasteiger partial charge in [0, 0.05) is 21.7 Å². The number of carbonyl (C=O) groups is 1. The number of aromatic nitrogens is 2. The highest BCUT2D eigenvalue weighted by molar-refractivity contribution is 6.31. The minimum atomic E-state index is -0.245. The molecule has 2 aromatic carbocycles. The van der Waals surface area contributed by atoms with Gasteiger partial charge in [0.15, 0.2) is 5.82 Å². The average Bonchev–Trinajstić information content (AvgIpc) is 2.97. The van der Waals surface area contributed by atoms with Crippen LogP contribution < -0.4 is 5.32 Å². The molecule has 0 fully saturated rings. The normalized spacial score (nSPS) is 10.5. The Hall–Kier alpha value is -2.30. The van der Waals surface area contributed by atoms with Gasteiger partial charge in [-0.05, 0) is 42.0 Å². The van der Waals surface area contributed by atoms with Crippen molar-refractivity contribution < 1.29 is 4.79 Å². The highest BCUT2D eigenvalue weighted by atomic mass is 35.5. The van der Waals surface area contributed by atoms with Gasteiger partial charge < -0.3 is 5.32 Å². The molecule has 3 aromatic rings. The lowest BCUT2D eigenvalue weighted by Crippen LogP contribution is -2.11. The predicted molar refractivity (Wildman–Crippen MR) is 88.4 cm³/mol. The first-order valence-electron chi connectivity index (χ1n) is 6.50. The van der Waals surface area contributed by atoms with Crippen LogP contribution in [0.25, 0.3) is 11.3 Å². The molecule has 4 nitrogen and oxygen atoms in total. The van der Waals surface area contributed by atoms with E-state index in [0.717, 1.165) is 11.3 Å². The Morgan fingerprint density at radius 1 is 0.955 bits per heavy atom. The van der Waals surface area contributed by atoms with E-state index in [-0.39, 0.29) is 5.91 Å². The summed E-state index contributed by atoms with van der Waals surface area (Å²) in [5, 5.41) is 10.9. The molecule has 0 saturated carbocycles. The fourth-order valence-electron chi connectivity index (χ4n) is 1.95. The minimum Gasteiger partial charge on any atom is -0.305 e. The van der Waals surface area contributed by atoms with Crippen molar-refractivity contribution in [3.8, 4) is 11.3 Å². The second-order valence-electron chi connectivity index (χ2n) is 4.63. The molecule has 0 unspecified atom stereocenters. The van der Waals surface area contributed by atoms with E-state index in [4.69, 9.17) is 23.2 Å². The average molecular weight is 332 g/mol. The lowest BCUT2D eigenvalue weighted by molar-refractivity contribution is 0.102. The van der Waals surface area contributed by atoms with Gasteiger partial charge in [-0.2, -0.15) is 5.10 Å². The molecular weight excluding hydrogens is 321 g/mol. The molecule has 1 heterocycles. The van der Waals surface area contributed by atoms with Crippen LogP contribution in [0.5, 0.6) is 0 Å². The lowest BCUT2D eigenvalue weighted by atomic mass is 10.1. The zero-order valence-corrected chi connectivity index (χ0v) is 12.8. The molecule has 1 aromatic heterocycles. The summed E-state index contributed by atoms with van der Waals surface area (Å²) in [7, 11) is 0. The van der Waals surface area contributed by atoms with Crippen molar-refractivity contribution in [1.82, 2.24) is 10.2 Å². The second kappa shape index (κ2) is 6.22. The fraction of sp³-hybridized carbons (Fsp3) is 0. The van der Waals surface area contributed by atoms with Crippen LogP contribution in [0.4, 0.5) is 5.82 Å². The molecule has 2 N–H and O–H groups in total. The van der Waals surface area contributed by atoms with Crippen molar-refractivity contribution in [1.29, 1.82) is 0 Å². The van der Waals surface area contributed by atoms with Gasteiger partial charge in [-0.15, -0.1) is 0 Å². The van der Waals surface area contributed by atoms with E-state index >= 15 is 0 Å². The number of carbonyl (C=O) groups excluding carboxylic acids is 1. The van der Waals surface area contributed by atoms with E-state index in [0.29, 0.717) is 21.4 Å². The van der Waals surface area contributed by atoms with Crippen molar-refractivity contribution in [2.45, 2.75) is 0 Å². The molecule has 0 saturated heterocycles. The second-order valence-corrected chi connectivity index (χ2v) is 5.51. The van der Waals surface area contributed by atoms with Crippen LogP contribution in [-0.2, 0) is 0 Å². The lowest BCUT2D eigenvalue weighted by Gasteiger charge is -2.01. The number of halogens is 2. The van der Waals surface area contributed by atoms with Gasteiger partial charge in [0.1, 0.15) is 0 Å². The third-order valence-corrected chi connectivity index (χ3v) is 3.59. The Balaban J connectivity index is 1.75. The van der Waals surface area contributed by atoms with Crippen LogP contribution in [0.1, 0.15) is 10.4 Å². The van der Waals surface area contributed by atoms with E-state index < -0.39 is 0 Å². The van der Waals surface area contributed by atoms with Crippen molar-refractivity contribution in [2.24, 2.45) is 0 Å². The number of anilines is 1. The standard InChI is InChI=1S/C16H11Cl2N3O/c17-12-5-1-10(2-6-12)14-9-15(21-20-14)19-16(22)11-3-7-13(18)8-4-11/h1-9H,(H2,19,20,21,22). The van der Waals surface area contributed by atoms with Crippen LogP contribution in [0.15, 0.2) is 54.6 Å². The predicted octanol–water partition coefficient (Wildman–Crippen LogP) is 4.64. The summed E-state index contributed by atoms with van der Waals surface area (Å²) >= 11 is 11.7. The van der Waals surface area contributed by atoms with Crippen molar-refractivity contribution >= 4 is 34.9 Å². The largest absolute Gasteiger partial charge is 0.305 e. The third kappa shape index (κ3) is 3.30.